The lowest BCUT2D eigenvalue weighted by Gasteiger charge is -2.24. The van der Waals surface area contributed by atoms with Gasteiger partial charge in [-0.05, 0) is 142 Å². The Morgan fingerprint density at radius 3 is 1.27 bits per heavy atom. The van der Waals surface area contributed by atoms with Gasteiger partial charge in [-0.2, -0.15) is 0 Å². The highest BCUT2D eigenvalue weighted by molar-refractivity contribution is 5.28. The van der Waals surface area contributed by atoms with Crippen LogP contribution < -0.4 is 0 Å². The fourth-order valence-corrected chi connectivity index (χ4v) is 8.14. The van der Waals surface area contributed by atoms with Crippen LogP contribution in [0.4, 0.5) is 0 Å². The smallest absolute Gasteiger partial charge is 0.0279 e. The summed E-state index contributed by atoms with van der Waals surface area (Å²) in [6.07, 6.45) is 25.6. The zero-order valence-electron chi connectivity index (χ0n) is 44.2. The van der Waals surface area contributed by atoms with Gasteiger partial charge < -0.3 is 0 Å². The summed E-state index contributed by atoms with van der Waals surface area (Å²) in [5.41, 5.74) is 5.58. The van der Waals surface area contributed by atoms with Gasteiger partial charge in [0.2, 0.25) is 0 Å². The van der Waals surface area contributed by atoms with Crippen molar-refractivity contribution in [1.82, 2.24) is 0 Å². The van der Waals surface area contributed by atoms with Crippen molar-refractivity contribution in [2.45, 2.75) is 235 Å². The van der Waals surface area contributed by atoms with Gasteiger partial charge in [0.25, 0.3) is 0 Å². The number of fused-ring (bicyclic) bond motifs is 2. The Balaban J connectivity index is -0.000000629. The van der Waals surface area contributed by atoms with E-state index in [0.717, 1.165) is 59.2 Å². The minimum absolute atomic E-state index is 0.892. The summed E-state index contributed by atoms with van der Waals surface area (Å²) in [4.78, 5) is 0. The molecular formula is C59H110. The predicted octanol–water partition coefficient (Wildman–Crippen LogP) is 20.3. The third-order valence-corrected chi connectivity index (χ3v) is 14.3. The van der Waals surface area contributed by atoms with Crippen LogP contribution in [0.3, 0.4) is 0 Å². The van der Waals surface area contributed by atoms with Gasteiger partial charge in [0.1, 0.15) is 0 Å². The van der Waals surface area contributed by atoms with E-state index in [2.05, 4.69) is 158 Å². The first kappa shape index (κ1) is 61.5. The van der Waals surface area contributed by atoms with Crippen LogP contribution in [0.25, 0.3) is 0 Å². The Labute approximate surface area is 375 Å². The predicted molar refractivity (Wildman–Crippen MR) is 276 cm³/mol. The standard InChI is InChI=1S/C13H20.C9H16.C9H12.C8H16.C8H14.C6H14.3C2H6/c1-3-12(2)8-7-11-13-9-5-4-6-10-13;1-6-7(2)9-4-3-8(6)5-9;1-7-4-5-8(2)9(3)6-7;2*1-7-5-3-4-6-8(7)2;1-4-6(3)5-2;3*1-2/h4-6,9-10,12H,3,7-8,11H2,1-2H3;6-9H,3-5H2,1-2H3;4-6H,1-3H3;7-8H,3-6H2,1-2H3;3-4,7-8H,5-6H2,1-2H3;6H,4-5H2,1-3H3;3*1-2H3. The molecule has 0 heteroatoms. The van der Waals surface area contributed by atoms with Crippen molar-refractivity contribution in [3.05, 3.63) is 82.9 Å². The molecule has 9 unspecified atom stereocenters. The molecule has 9 atom stereocenters. The van der Waals surface area contributed by atoms with Crippen LogP contribution >= 0.6 is 0 Å². The van der Waals surface area contributed by atoms with E-state index in [4.69, 9.17) is 0 Å². The van der Waals surface area contributed by atoms with E-state index in [0.29, 0.717) is 0 Å². The highest BCUT2D eigenvalue weighted by atomic mass is 14.5. The molecule has 0 aromatic heterocycles. The van der Waals surface area contributed by atoms with Crippen molar-refractivity contribution in [1.29, 1.82) is 0 Å². The molecule has 0 aliphatic heterocycles. The maximum Gasteiger partial charge on any atom is -0.0279 e. The molecule has 0 saturated heterocycles. The second-order valence-corrected chi connectivity index (χ2v) is 18.6. The zero-order valence-corrected chi connectivity index (χ0v) is 44.2. The first-order valence-electron chi connectivity index (χ1n) is 26.0. The van der Waals surface area contributed by atoms with Crippen LogP contribution in [0.1, 0.15) is 230 Å². The second kappa shape index (κ2) is 40.3. The van der Waals surface area contributed by atoms with Gasteiger partial charge in [0, 0.05) is 0 Å². The Morgan fingerprint density at radius 1 is 0.525 bits per heavy atom. The SMILES string of the molecule is CC.CC.CC.CC1C2CCC(C2)C1C.CC1CC=CCC1C.CC1CCCCC1C.CCC(C)CC.CCC(C)CCCc1ccccc1.Cc1ccc(C)c(C)c1. The van der Waals surface area contributed by atoms with Crippen LogP contribution in [-0.2, 0) is 6.42 Å². The normalized spacial score (nSPS) is 24.8. The molecule has 2 aromatic rings. The lowest BCUT2D eigenvalue weighted by atomic mass is 9.82. The average molecular weight is 820 g/mol. The van der Waals surface area contributed by atoms with Crippen LogP contribution in [0, 0.1) is 80.0 Å². The van der Waals surface area contributed by atoms with E-state index in [1.54, 1.807) is 6.42 Å². The van der Waals surface area contributed by atoms with Gasteiger partial charge in [-0.1, -0.05) is 235 Å². The Morgan fingerprint density at radius 2 is 0.966 bits per heavy atom. The Bertz CT molecular complexity index is 1130. The third-order valence-electron chi connectivity index (χ3n) is 14.3. The van der Waals surface area contributed by atoms with E-state index < -0.39 is 0 Å². The summed E-state index contributed by atoms with van der Waals surface area (Å²) in [7, 11) is 0. The minimum atomic E-state index is 0.892. The Hall–Kier alpha value is -1.82. The second-order valence-electron chi connectivity index (χ2n) is 18.6. The first-order valence-corrected chi connectivity index (χ1v) is 26.0. The molecule has 2 aromatic carbocycles. The molecule has 3 fully saturated rings. The maximum absolute atomic E-state index is 2.44. The number of allylic oxidation sites excluding steroid dienone is 2. The first-order chi connectivity index (χ1) is 28.2. The molecule has 0 amide bonds. The minimum Gasteiger partial charge on any atom is -0.0883 e. The number of aryl methyl sites for hydroxylation is 4. The van der Waals surface area contributed by atoms with E-state index in [9.17, 15) is 0 Å². The summed E-state index contributed by atoms with van der Waals surface area (Å²) < 4.78 is 0. The summed E-state index contributed by atoms with van der Waals surface area (Å²) in [6, 6.07) is 17.3. The molecule has 0 spiro atoms. The molecular weight excluding hydrogens is 709 g/mol. The number of benzene rings is 2. The maximum atomic E-state index is 2.44. The molecule has 3 saturated carbocycles. The van der Waals surface area contributed by atoms with Crippen molar-refractivity contribution in [2.75, 3.05) is 0 Å². The van der Waals surface area contributed by atoms with Crippen molar-refractivity contribution in [2.24, 2.45) is 59.2 Å². The van der Waals surface area contributed by atoms with Gasteiger partial charge in [-0.3, -0.25) is 0 Å². The molecule has 2 bridgehead atoms. The van der Waals surface area contributed by atoms with Gasteiger partial charge in [0.05, 0.1) is 0 Å². The highest BCUT2D eigenvalue weighted by Gasteiger charge is 2.42. The molecule has 59 heavy (non-hydrogen) atoms. The van der Waals surface area contributed by atoms with Crippen LogP contribution in [-0.4, -0.2) is 0 Å². The molecule has 0 nitrogen and oxygen atoms in total. The summed E-state index contributed by atoms with van der Waals surface area (Å²) in [5.74, 6) is 9.99. The molecule has 6 rings (SSSR count). The molecule has 4 aliphatic rings. The molecule has 0 N–H and O–H groups in total. The fourth-order valence-electron chi connectivity index (χ4n) is 8.14. The summed E-state index contributed by atoms with van der Waals surface area (Å²) in [5, 5.41) is 0. The van der Waals surface area contributed by atoms with Crippen molar-refractivity contribution in [3.8, 4) is 0 Å². The third kappa shape index (κ3) is 30.0. The molecule has 4 aliphatic carbocycles. The quantitative estimate of drug-likeness (QED) is 0.244. The van der Waals surface area contributed by atoms with Gasteiger partial charge in [-0.25, -0.2) is 0 Å². The van der Waals surface area contributed by atoms with Crippen LogP contribution in [0.15, 0.2) is 60.7 Å². The monoisotopic (exact) mass is 819 g/mol. The highest BCUT2D eigenvalue weighted by Crippen LogP contribution is 2.51. The van der Waals surface area contributed by atoms with E-state index >= 15 is 0 Å². The lowest BCUT2D eigenvalue weighted by molar-refractivity contribution is 0.259. The Kier molecular flexibility index (Phi) is 42.0. The largest absolute Gasteiger partial charge is 0.0883 e. The van der Waals surface area contributed by atoms with Gasteiger partial charge >= 0.3 is 0 Å². The number of hydrogen-bond acceptors (Lipinski definition) is 0. The van der Waals surface area contributed by atoms with Crippen molar-refractivity contribution < 1.29 is 0 Å². The average Bonchev–Trinajstić information content (AvgIpc) is 3.87. The van der Waals surface area contributed by atoms with Crippen LogP contribution in [0.5, 0.6) is 0 Å². The molecule has 346 valence electrons. The van der Waals surface area contributed by atoms with E-state index in [1.807, 2.05) is 41.5 Å². The topological polar surface area (TPSA) is 0 Å². The van der Waals surface area contributed by atoms with Gasteiger partial charge in [0.15, 0.2) is 0 Å². The van der Waals surface area contributed by atoms with Crippen LogP contribution in [0.2, 0.25) is 0 Å². The van der Waals surface area contributed by atoms with Crippen molar-refractivity contribution in [3.63, 3.8) is 0 Å². The lowest BCUT2D eigenvalue weighted by Crippen LogP contribution is -2.15. The fraction of sp³-hybridized carbons (Fsp3) is 0.763. The number of hydrogen-bond donors (Lipinski definition) is 0. The van der Waals surface area contributed by atoms with E-state index in [-0.39, 0.29) is 0 Å². The van der Waals surface area contributed by atoms with Crippen molar-refractivity contribution >= 4 is 0 Å². The number of rotatable bonds is 7. The van der Waals surface area contributed by atoms with E-state index in [1.165, 1.54) is 112 Å². The summed E-state index contributed by atoms with van der Waals surface area (Å²) in [6.45, 7) is 44.0. The van der Waals surface area contributed by atoms with Gasteiger partial charge in [-0.15, -0.1) is 0 Å². The zero-order chi connectivity index (χ0) is 45.8. The summed E-state index contributed by atoms with van der Waals surface area (Å²) >= 11 is 0. The molecule has 0 radical (unpaired) electrons. The molecule has 0 heterocycles.